The van der Waals surface area contributed by atoms with Crippen LogP contribution in [0, 0.1) is 0 Å². The number of aromatic nitrogens is 4. The average Bonchev–Trinajstić information content (AvgIpc) is 3.37. The Morgan fingerprint density at radius 1 is 0.963 bits per heavy atom. The summed E-state index contributed by atoms with van der Waals surface area (Å²) >= 11 is 6.04. The molecule has 2 aromatic heterocycles. The molecule has 4 aromatic rings. The maximum Gasteiger partial charge on any atom is 0.276 e. The number of nitrogens with one attached hydrogen (secondary N) is 1. The van der Waals surface area contributed by atoms with Crippen LogP contribution in [0.4, 0.5) is 0 Å². The summed E-state index contributed by atoms with van der Waals surface area (Å²) in [4.78, 5) is 4.43. The van der Waals surface area contributed by atoms with Crippen LogP contribution >= 0.6 is 11.6 Å². The predicted molar refractivity (Wildman–Crippen MR) is 101 cm³/mol. The standard InChI is InChI=1S/C19H15ClN4O3/c1-25-16-7-6-12(9-17(16)26-2)18-21-19(27-24-18)15-10-14(22-23-15)11-4-3-5-13(20)8-11/h3-10H,1-2H3,(H,22,23). The monoisotopic (exact) mass is 382 g/mol. The molecule has 136 valence electrons. The first-order valence-corrected chi connectivity index (χ1v) is 8.43. The summed E-state index contributed by atoms with van der Waals surface area (Å²) in [6, 6.07) is 14.7. The van der Waals surface area contributed by atoms with Crippen molar-refractivity contribution in [1.29, 1.82) is 0 Å². The van der Waals surface area contributed by atoms with E-state index < -0.39 is 0 Å². The molecule has 0 saturated heterocycles. The van der Waals surface area contributed by atoms with Gasteiger partial charge in [-0.2, -0.15) is 10.1 Å². The molecule has 0 spiro atoms. The molecule has 2 aromatic carbocycles. The third-order valence-electron chi connectivity index (χ3n) is 4.00. The fourth-order valence-corrected chi connectivity index (χ4v) is 2.84. The third-order valence-corrected chi connectivity index (χ3v) is 4.23. The van der Waals surface area contributed by atoms with Crippen LogP contribution in [0.25, 0.3) is 34.2 Å². The molecule has 7 nitrogen and oxygen atoms in total. The first-order valence-electron chi connectivity index (χ1n) is 8.06. The summed E-state index contributed by atoms with van der Waals surface area (Å²) < 4.78 is 15.9. The zero-order valence-corrected chi connectivity index (χ0v) is 15.3. The summed E-state index contributed by atoms with van der Waals surface area (Å²) in [5, 5.41) is 11.9. The minimum atomic E-state index is 0.334. The highest BCUT2D eigenvalue weighted by Crippen LogP contribution is 2.32. The first-order chi connectivity index (χ1) is 13.2. The highest BCUT2D eigenvalue weighted by Gasteiger charge is 2.15. The van der Waals surface area contributed by atoms with Crippen LogP contribution in [0.1, 0.15) is 0 Å². The number of rotatable bonds is 5. The number of benzene rings is 2. The summed E-state index contributed by atoms with van der Waals surface area (Å²) in [7, 11) is 3.16. The summed E-state index contributed by atoms with van der Waals surface area (Å²) in [6.45, 7) is 0. The Labute approximate surface area is 159 Å². The lowest BCUT2D eigenvalue weighted by atomic mass is 10.1. The number of nitrogens with zero attached hydrogens (tertiary/aromatic N) is 3. The van der Waals surface area contributed by atoms with E-state index in [2.05, 4.69) is 20.3 Å². The van der Waals surface area contributed by atoms with Gasteiger partial charge in [0, 0.05) is 16.1 Å². The van der Waals surface area contributed by atoms with Crippen molar-refractivity contribution in [2.75, 3.05) is 14.2 Å². The number of hydrogen-bond donors (Lipinski definition) is 1. The molecule has 8 heteroatoms. The van der Waals surface area contributed by atoms with E-state index in [-0.39, 0.29) is 0 Å². The van der Waals surface area contributed by atoms with Gasteiger partial charge in [0.05, 0.1) is 19.9 Å². The van der Waals surface area contributed by atoms with Crippen molar-refractivity contribution in [3.8, 4) is 45.7 Å². The van der Waals surface area contributed by atoms with E-state index in [4.69, 9.17) is 25.6 Å². The fraction of sp³-hybridized carbons (Fsp3) is 0.105. The second-order valence-electron chi connectivity index (χ2n) is 5.67. The van der Waals surface area contributed by atoms with Crippen molar-refractivity contribution in [3.63, 3.8) is 0 Å². The number of aromatic amines is 1. The molecule has 0 bridgehead atoms. The second-order valence-corrected chi connectivity index (χ2v) is 6.11. The summed E-state index contributed by atoms with van der Waals surface area (Å²) in [5.41, 5.74) is 2.99. The van der Waals surface area contributed by atoms with E-state index in [1.54, 1.807) is 26.4 Å². The Bertz CT molecular complexity index is 1090. The number of methoxy groups -OCH3 is 2. The summed E-state index contributed by atoms with van der Waals surface area (Å²) in [5.74, 6) is 1.99. The molecular formula is C19H15ClN4O3. The summed E-state index contributed by atoms with van der Waals surface area (Å²) in [6.07, 6.45) is 0. The van der Waals surface area contributed by atoms with E-state index in [0.29, 0.717) is 33.9 Å². The van der Waals surface area contributed by atoms with E-state index in [9.17, 15) is 0 Å². The van der Waals surface area contributed by atoms with Gasteiger partial charge in [-0.3, -0.25) is 5.10 Å². The molecule has 0 saturated carbocycles. The van der Waals surface area contributed by atoms with Gasteiger partial charge in [-0.15, -0.1) is 0 Å². The maximum absolute atomic E-state index is 6.04. The van der Waals surface area contributed by atoms with Gasteiger partial charge in [-0.25, -0.2) is 0 Å². The molecule has 0 aliphatic carbocycles. The van der Waals surface area contributed by atoms with Gasteiger partial charge in [-0.1, -0.05) is 28.9 Å². The number of halogens is 1. The largest absolute Gasteiger partial charge is 0.493 e. The molecule has 0 aliphatic heterocycles. The van der Waals surface area contributed by atoms with Crippen LogP contribution in [0.2, 0.25) is 5.02 Å². The van der Waals surface area contributed by atoms with Crippen molar-refractivity contribution >= 4 is 11.6 Å². The fourth-order valence-electron chi connectivity index (χ4n) is 2.65. The molecule has 0 aliphatic rings. The third kappa shape index (κ3) is 3.37. The van der Waals surface area contributed by atoms with E-state index in [1.807, 2.05) is 36.4 Å². The van der Waals surface area contributed by atoms with Crippen LogP contribution in [-0.2, 0) is 0 Å². The first kappa shape index (κ1) is 17.1. The van der Waals surface area contributed by atoms with Crippen LogP contribution in [0.15, 0.2) is 53.1 Å². The lowest BCUT2D eigenvalue weighted by molar-refractivity contribution is 0.355. The predicted octanol–water partition coefficient (Wildman–Crippen LogP) is 4.46. The highest BCUT2D eigenvalue weighted by molar-refractivity contribution is 6.30. The van der Waals surface area contributed by atoms with Crippen LogP contribution in [0.3, 0.4) is 0 Å². The van der Waals surface area contributed by atoms with E-state index in [1.165, 1.54) is 0 Å². The van der Waals surface area contributed by atoms with Gasteiger partial charge < -0.3 is 14.0 Å². The molecule has 0 unspecified atom stereocenters. The Balaban J connectivity index is 1.64. The Hall–Kier alpha value is -3.32. The van der Waals surface area contributed by atoms with E-state index in [0.717, 1.165) is 16.8 Å². The lowest BCUT2D eigenvalue weighted by Gasteiger charge is -2.07. The average molecular weight is 383 g/mol. The lowest BCUT2D eigenvalue weighted by Crippen LogP contribution is -1.91. The quantitative estimate of drug-likeness (QED) is 0.548. The molecule has 0 fully saturated rings. The normalized spacial score (nSPS) is 10.8. The minimum Gasteiger partial charge on any atom is -0.493 e. The zero-order valence-electron chi connectivity index (χ0n) is 14.6. The van der Waals surface area contributed by atoms with Gasteiger partial charge in [0.25, 0.3) is 5.89 Å². The molecule has 0 atom stereocenters. The zero-order chi connectivity index (χ0) is 18.8. The number of H-pyrrole nitrogens is 1. The maximum atomic E-state index is 6.04. The van der Waals surface area contributed by atoms with Gasteiger partial charge >= 0.3 is 0 Å². The molecule has 4 rings (SSSR count). The van der Waals surface area contributed by atoms with Crippen molar-refractivity contribution in [3.05, 3.63) is 53.6 Å². The van der Waals surface area contributed by atoms with Crippen molar-refractivity contribution in [1.82, 2.24) is 20.3 Å². The van der Waals surface area contributed by atoms with Crippen LogP contribution in [0.5, 0.6) is 11.5 Å². The van der Waals surface area contributed by atoms with Gasteiger partial charge in [0.1, 0.15) is 5.69 Å². The Morgan fingerprint density at radius 2 is 1.81 bits per heavy atom. The SMILES string of the molecule is COc1ccc(-c2noc(-c3cc(-c4cccc(Cl)c4)n[nH]3)n2)cc1OC. The topological polar surface area (TPSA) is 86.1 Å². The molecular weight excluding hydrogens is 368 g/mol. The molecule has 2 heterocycles. The van der Waals surface area contributed by atoms with Gasteiger partial charge in [0.2, 0.25) is 5.82 Å². The number of ether oxygens (including phenoxy) is 2. The van der Waals surface area contributed by atoms with Gasteiger partial charge in [0.15, 0.2) is 11.5 Å². The Morgan fingerprint density at radius 3 is 2.59 bits per heavy atom. The van der Waals surface area contributed by atoms with Gasteiger partial charge in [-0.05, 0) is 36.4 Å². The molecule has 1 N–H and O–H groups in total. The highest BCUT2D eigenvalue weighted by atomic mass is 35.5. The van der Waals surface area contributed by atoms with Crippen LogP contribution in [-0.4, -0.2) is 34.6 Å². The molecule has 27 heavy (non-hydrogen) atoms. The minimum absolute atomic E-state index is 0.334. The number of hydrogen-bond acceptors (Lipinski definition) is 6. The van der Waals surface area contributed by atoms with Crippen LogP contribution < -0.4 is 9.47 Å². The van der Waals surface area contributed by atoms with E-state index >= 15 is 0 Å². The molecule has 0 radical (unpaired) electrons. The smallest absolute Gasteiger partial charge is 0.276 e. The molecule has 0 amide bonds. The Kier molecular flexibility index (Phi) is 4.52. The second kappa shape index (κ2) is 7.13. The van der Waals surface area contributed by atoms with Crippen molar-refractivity contribution in [2.45, 2.75) is 0 Å². The van der Waals surface area contributed by atoms with Crippen molar-refractivity contribution < 1.29 is 14.0 Å². The van der Waals surface area contributed by atoms with Crippen molar-refractivity contribution in [2.24, 2.45) is 0 Å².